The first-order chi connectivity index (χ1) is 12.1. The Hall–Kier alpha value is -2.56. The summed E-state index contributed by atoms with van der Waals surface area (Å²) in [5.41, 5.74) is 2.82. The highest BCUT2D eigenvalue weighted by Gasteiger charge is 2.38. The Bertz CT molecular complexity index is 946. The lowest BCUT2D eigenvalue weighted by atomic mass is 10.2. The van der Waals surface area contributed by atoms with Crippen molar-refractivity contribution in [3.8, 4) is 0 Å². The van der Waals surface area contributed by atoms with Crippen molar-refractivity contribution in [2.45, 2.75) is 6.17 Å². The monoisotopic (exact) mass is 369 g/mol. The number of nitrogens with one attached hydrogen (secondary N) is 1. The van der Waals surface area contributed by atoms with Gasteiger partial charge >= 0.3 is 0 Å². The van der Waals surface area contributed by atoms with Crippen molar-refractivity contribution in [1.29, 1.82) is 0 Å². The molecule has 1 aliphatic rings. The second kappa shape index (κ2) is 6.39. The van der Waals surface area contributed by atoms with Crippen molar-refractivity contribution in [2.75, 3.05) is 10.2 Å². The van der Waals surface area contributed by atoms with Crippen molar-refractivity contribution in [2.24, 2.45) is 0 Å². The fraction of sp³-hybridized carbons (Fsp3) is 0.0526. The van der Waals surface area contributed by atoms with Crippen LogP contribution < -0.4 is 10.2 Å². The molecule has 4 nitrogen and oxygen atoms in total. The Balaban J connectivity index is 1.78. The zero-order valence-electron chi connectivity index (χ0n) is 13.0. The molecule has 2 heterocycles. The van der Waals surface area contributed by atoms with Gasteiger partial charge in [0.25, 0.3) is 5.91 Å². The van der Waals surface area contributed by atoms with Gasteiger partial charge in [-0.3, -0.25) is 14.7 Å². The van der Waals surface area contributed by atoms with Gasteiger partial charge in [-0.15, -0.1) is 0 Å². The summed E-state index contributed by atoms with van der Waals surface area (Å²) in [5.74, 6) is -0.0909. The van der Waals surface area contributed by atoms with Crippen LogP contribution in [0, 0.1) is 0 Å². The van der Waals surface area contributed by atoms with Gasteiger partial charge in [-0.05, 0) is 42.5 Å². The number of hydrogen-bond donors (Lipinski definition) is 1. The number of nitrogens with zero attached hydrogens (tertiary/aromatic N) is 2. The van der Waals surface area contributed by atoms with Crippen LogP contribution in [-0.4, -0.2) is 10.9 Å². The summed E-state index contributed by atoms with van der Waals surface area (Å²) in [6.07, 6.45) is 1.26. The number of carbonyl (C=O) groups excluding carboxylic acids is 1. The fourth-order valence-corrected chi connectivity index (χ4v) is 3.22. The number of rotatable bonds is 3. The number of halogens is 2. The van der Waals surface area contributed by atoms with Crippen LogP contribution in [0.15, 0.2) is 66.9 Å². The van der Waals surface area contributed by atoms with E-state index in [0.29, 0.717) is 21.3 Å². The van der Waals surface area contributed by atoms with E-state index in [1.165, 1.54) is 0 Å². The van der Waals surface area contributed by atoms with E-state index in [1.807, 2.05) is 36.4 Å². The largest absolute Gasteiger partial charge is 0.360 e. The number of amides is 1. The van der Waals surface area contributed by atoms with Gasteiger partial charge in [0, 0.05) is 17.6 Å². The van der Waals surface area contributed by atoms with Crippen LogP contribution in [0.3, 0.4) is 0 Å². The third-order valence-electron chi connectivity index (χ3n) is 4.06. The molecular weight excluding hydrogens is 357 g/mol. The minimum atomic E-state index is -0.427. The SMILES string of the molecule is O=C1c2cccnc2C(Nc2ccc(Cl)c(Cl)c2)N1c1ccccc1. The molecule has 1 aromatic heterocycles. The minimum Gasteiger partial charge on any atom is -0.360 e. The first kappa shape index (κ1) is 15.9. The molecule has 0 spiro atoms. The average Bonchev–Trinajstić information content (AvgIpc) is 2.91. The summed E-state index contributed by atoms with van der Waals surface area (Å²) < 4.78 is 0. The number of aromatic nitrogens is 1. The van der Waals surface area contributed by atoms with Gasteiger partial charge in [-0.2, -0.15) is 0 Å². The molecule has 0 fully saturated rings. The summed E-state index contributed by atoms with van der Waals surface area (Å²) >= 11 is 12.1. The van der Waals surface area contributed by atoms with Gasteiger partial charge in [-0.1, -0.05) is 41.4 Å². The second-order valence-electron chi connectivity index (χ2n) is 5.62. The molecule has 1 aliphatic heterocycles. The lowest BCUT2D eigenvalue weighted by molar-refractivity contribution is 0.0993. The van der Waals surface area contributed by atoms with Crippen molar-refractivity contribution < 1.29 is 4.79 Å². The molecule has 3 aromatic rings. The van der Waals surface area contributed by atoms with Gasteiger partial charge in [0.2, 0.25) is 0 Å². The molecule has 1 N–H and O–H groups in total. The van der Waals surface area contributed by atoms with Crippen LogP contribution in [0.4, 0.5) is 11.4 Å². The first-order valence-corrected chi connectivity index (χ1v) is 8.46. The maximum Gasteiger partial charge on any atom is 0.262 e. The Kier molecular flexibility index (Phi) is 4.07. The van der Waals surface area contributed by atoms with Crippen molar-refractivity contribution >= 4 is 40.5 Å². The molecule has 1 amide bonds. The van der Waals surface area contributed by atoms with E-state index in [-0.39, 0.29) is 5.91 Å². The summed E-state index contributed by atoms with van der Waals surface area (Å²) in [7, 11) is 0. The fourth-order valence-electron chi connectivity index (χ4n) is 2.92. The molecular formula is C19H13Cl2N3O. The predicted octanol–water partition coefficient (Wildman–Crippen LogP) is 5.16. The highest BCUT2D eigenvalue weighted by Crippen LogP contribution is 2.37. The molecule has 0 radical (unpaired) electrons. The van der Waals surface area contributed by atoms with E-state index in [2.05, 4.69) is 10.3 Å². The van der Waals surface area contributed by atoms with E-state index < -0.39 is 6.17 Å². The van der Waals surface area contributed by atoms with E-state index in [4.69, 9.17) is 23.2 Å². The number of pyridine rings is 1. The van der Waals surface area contributed by atoms with Gasteiger partial charge in [-0.25, -0.2) is 0 Å². The van der Waals surface area contributed by atoms with Gasteiger partial charge in [0.1, 0.15) is 0 Å². The van der Waals surface area contributed by atoms with Crippen molar-refractivity contribution in [3.63, 3.8) is 0 Å². The molecule has 0 aliphatic carbocycles. The molecule has 0 saturated heterocycles. The van der Waals surface area contributed by atoms with E-state index >= 15 is 0 Å². The topological polar surface area (TPSA) is 45.2 Å². The van der Waals surface area contributed by atoms with Crippen LogP contribution in [0.25, 0.3) is 0 Å². The predicted molar refractivity (Wildman–Crippen MR) is 100 cm³/mol. The van der Waals surface area contributed by atoms with E-state index in [9.17, 15) is 4.79 Å². The number of hydrogen-bond acceptors (Lipinski definition) is 3. The van der Waals surface area contributed by atoms with Crippen LogP contribution in [0.2, 0.25) is 10.0 Å². The van der Waals surface area contributed by atoms with Crippen molar-refractivity contribution in [1.82, 2.24) is 4.98 Å². The summed E-state index contributed by atoms with van der Waals surface area (Å²) in [6, 6.07) is 18.3. The third kappa shape index (κ3) is 2.84. The van der Waals surface area contributed by atoms with Crippen LogP contribution in [0.1, 0.15) is 22.2 Å². The quantitative estimate of drug-likeness (QED) is 0.693. The molecule has 1 unspecified atom stereocenters. The average molecular weight is 370 g/mol. The Morgan fingerprint density at radius 2 is 1.76 bits per heavy atom. The van der Waals surface area contributed by atoms with Crippen LogP contribution >= 0.6 is 23.2 Å². The zero-order valence-corrected chi connectivity index (χ0v) is 14.5. The lowest BCUT2D eigenvalue weighted by Crippen LogP contribution is -2.32. The maximum absolute atomic E-state index is 12.9. The second-order valence-corrected chi connectivity index (χ2v) is 6.44. The summed E-state index contributed by atoms with van der Waals surface area (Å²) in [4.78, 5) is 19.0. The standard InChI is InChI=1S/C19H13Cl2N3O/c20-15-9-8-12(11-16(15)21)23-18-17-14(7-4-10-22-17)19(25)24(18)13-5-2-1-3-6-13/h1-11,18,23H. The smallest absolute Gasteiger partial charge is 0.262 e. The highest BCUT2D eigenvalue weighted by molar-refractivity contribution is 6.42. The van der Waals surface area contributed by atoms with E-state index in [1.54, 1.807) is 35.4 Å². The minimum absolute atomic E-state index is 0.0909. The summed E-state index contributed by atoms with van der Waals surface area (Å²) in [6.45, 7) is 0. The molecule has 2 aromatic carbocycles. The molecule has 25 heavy (non-hydrogen) atoms. The Labute approximate surface area is 155 Å². The van der Waals surface area contributed by atoms with E-state index in [0.717, 1.165) is 11.4 Å². The van der Waals surface area contributed by atoms with Crippen LogP contribution in [-0.2, 0) is 0 Å². The normalized spacial score (nSPS) is 16.0. The molecule has 0 bridgehead atoms. The molecule has 124 valence electrons. The molecule has 1 atom stereocenters. The first-order valence-electron chi connectivity index (χ1n) is 7.70. The number of para-hydroxylation sites is 1. The maximum atomic E-state index is 12.9. The Morgan fingerprint density at radius 1 is 0.960 bits per heavy atom. The number of carbonyl (C=O) groups is 1. The van der Waals surface area contributed by atoms with Gasteiger partial charge in [0.05, 0.1) is 21.3 Å². The van der Waals surface area contributed by atoms with Gasteiger partial charge < -0.3 is 5.32 Å². The van der Waals surface area contributed by atoms with Crippen molar-refractivity contribution in [3.05, 3.63) is 88.2 Å². The number of fused-ring (bicyclic) bond motifs is 1. The molecule has 0 saturated carbocycles. The summed E-state index contributed by atoms with van der Waals surface area (Å²) in [5, 5.41) is 4.27. The molecule has 6 heteroatoms. The zero-order chi connectivity index (χ0) is 17.4. The number of anilines is 2. The lowest BCUT2D eigenvalue weighted by Gasteiger charge is -2.26. The van der Waals surface area contributed by atoms with Crippen LogP contribution in [0.5, 0.6) is 0 Å². The Morgan fingerprint density at radius 3 is 2.52 bits per heavy atom. The highest BCUT2D eigenvalue weighted by atomic mass is 35.5. The molecule has 4 rings (SSSR count). The third-order valence-corrected chi connectivity index (χ3v) is 4.80. The van der Waals surface area contributed by atoms with Gasteiger partial charge in [0.15, 0.2) is 6.17 Å². The number of benzene rings is 2.